The van der Waals surface area contributed by atoms with E-state index in [0.29, 0.717) is 11.4 Å². The number of hydrogen-bond donors (Lipinski definition) is 3. The number of nitrogens with one attached hydrogen (secondary N) is 1. The number of anilines is 3. The summed E-state index contributed by atoms with van der Waals surface area (Å²) in [6.45, 7) is 0. The number of nitrogen functional groups attached to an aromatic ring is 1. The van der Waals surface area contributed by atoms with Gasteiger partial charge in [0.1, 0.15) is 0 Å². The molecule has 0 saturated carbocycles. The standard InChI is InChI=1S/C13H10Br2N2O2/c14-7-1-3-10(15)12(5-7)17-11-4-2-8(16)6-9(11)13(18)19/h1-6,17H,16H2,(H,18,19). The van der Waals surface area contributed by atoms with E-state index in [0.717, 1.165) is 14.6 Å². The molecule has 2 rings (SSSR count). The van der Waals surface area contributed by atoms with E-state index in [1.54, 1.807) is 12.1 Å². The first kappa shape index (κ1) is 13.9. The highest BCUT2D eigenvalue weighted by Crippen LogP contribution is 2.30. The number of carboxylic acid groups (broad SMARTS) is 1. The molecule has 0 aliphatic heterocycles. The van der Waals surface area contributed by atoms with E-state index in [4.69, 9.17) is 5.73 Å². The molecule has 4 N–H and O–H groups in total. The lowest BCUT2D eigenvalue weighted by Gasteiger charge is -2.12. The summed E-state index contributed by atoms with van der Waals surface area (Å²) < 4.78 is 1.73. The van der Waals surface area contributed by atoms with E-state index in [1.165, 1.54) is 6.07 Å². The zero-order chi connectivity index (χ0) is 14.0. The number of nitrogens with two attached hydrogens (primary N) is 1. The van der Waals surface area contributed by atoms with Crippen molar-refractivity contribution in [2.24, 2.45) is 0 Å². The minimum atomic E-state index is -1.03. The molecule has 19 heavy (non-hydrogen) atoms. The van der Waals surface area contributed by atoms with Gasteiger partial charge in [0, 0.05) is 14.6 Å². The van der Waals surface area contributed by atoms with Crippen molar-refractivity contribution >= 4 is 54.9 Å². The molecule has 0 aliphatic rings. The maximum absolute atomic E-state index is 11.2. The quantitative estimate of drug-likeness (QED) is 0.691. The van der Waals surface area contributed by atoms with Crippen molar-refractivity contribution in [3.63, 3.8) is 0 Å². The van der Waals surface area contributed by atoms with Crippen LogP contribution in [0.25, 0.3) is 0 Å². The number of halogens is 2. The molecule has 0 atom stereocenters. The third-order valence-corrected chi connectivity index (χ3v) is 3.66. The Hall–Kier alpha value is -1.53. The van der Waals surface area contributed by atoms with E-state index in [1.807, 2.05) is 18.2 Å². The highest BCUT2D eigenvalue weighted by Gasteiger charge is 2.11. The lowest BCUT2D eigenvalue weighted by Crippen LogP contribution is -2.04. The fourth-order valence-electron chi connectivity index (χ4n) is 1.59. The topological polar surface area (TPSA) is 75.3 Å². The molecule has 6 heteroatoms. The van der Waals surface area contributed by atoms with Crippen molar-refractivity contribution in [1.82, 2.24) is 0 Å². The molecule has 98 valence electrons. The molecule has 0 unspecified atom stereocenters. The van der Waals surface area contributed by atoms with Gasteiger partial charge in [0.25, 0.3) is 0 Å². The SMILES string of the molecule is Nc1ccc(Nc2cc(Br)ccc2Br)c(C(=O)O)c1. The number of carbonyl (C=O) groups is 1. The fourth-order valence-corrected chi connectivity index (χ4v) is 2.29. The van der Waals surface area contributed by atoms with Gasteiger partial charge in [-0.05, 0) is 52.3 Å². The molecule has 0 aliphatic carbocycles. The maximum atomic E-state index is 11.2. The summed E-state index contributed by atoms with van der Waals surface area (Å²) in [7, 11) is 0. The van der Waals surface area contributed by atoms with Crippen LogP contribution in [0.4, 0.5) is 17.1 Å². The molecule has 0 heterocycles. The summed E-state index contributed by atoms with van der Waals surface area (Å²) in [5.41, 5.74) is 7.40. The average molecular weight is 386 g/mol. The molecule has 2 aromatic carbocycles. The molecule has 2 aromatic rings. The van der Waals surface area contributed by atoms with Gasteiger partial charge in [0.2, 0.25) is 0 Å². The predicted molar refractivity (Wildman–Crippen MR) is 82.9 cm³/mol. The molecular weight excluding hydrogens is 376 g/mol. The zero-order valence-corrected chi connectivity index (χ0v) is 12.8. The van der Waals surface area contributed by atoms with E-state index < -0.39 is 5.97 Å². The molecule has 0 bridgehead atoms. The van der Waals surface area contributed by atoms with Crippen LogP contribution in [-0.4, -0.2) is 11.1 Å². The van der Waals surface area contributed by atoms with Crippen LogP contribution in [0.2, 0.25) is 0 Å². The second-order valence-corrected chi connectivity index (χ2v) is 5.63. The zero-order valence-electron chi connectivity index (χ0n) is 9.65. The first-order valence-electron chi connectivity index (χ1n) is 5.32. The molecule has 4 nitrogen and oxygen atoms in total. The molecular formula is C13H10Br2N2O2. The van der Waals surface area contributed by atoms with Gasteiger partial charge >= 0.3 is 5.97 Å². The second kappa shape index (κ2) is 5.63. The molecule has 0 saturated heterocycles. The lowest BCUT2D eigenvalue weighted by molar-refractivity contribution is 0.0698. The predicted octanol–water partition coefficient (Wildman–Crippen LogP) is 4.24. The molecule has 0 fully saturated rings. The van der Waals surface area contributed by atoms with Gasteiger partial charge in [0.05, 0.1) is 16.9 Å². The Morgan fingerprint density at radius 3 is 2.53 bits per heavy atom. The van der Waals surface area contributed by atoms with Crippen molar-refractivity contribution in [2.45, 2.75) is 0 Å². The van der Waals surface area contributed by atoms with Crippen molar-refractivity contribution in [3.8, 4) is 0 Å². The third kappa shape index (κ3) is 3.27. The summed E-state index contributed by atoms with van der Waals surface area (Å²) in [4.78, 5) is 11.2. The van der Waals surface area contributed by atoms with Crippen molar-refractivity contribution in [3.05, 3.63) is 50.9 Å². The normalized spacial score (nSPS) is 10.2. The number of benzene rings is 2. The largest absolute Gasteiger partial charge is 0.478 e. The number of carboxylic acids is 1. The Bertz CT molecular complexity index is 645. The van der Waals surface area contributed by atoms with Gasteiger partial charge in [-0.1, -0.05) is 15.9 Å². The van der Waals surface area contributed by atoms with Crippen LogP contribution in [0.15, 0.2) is 45.3 Å². The van der Waals surface area contributed by atoms with Crippen LogP contribution in [0.3, 0.4) is 0 Å². The molecule has 0 radical (unpaired) electrons. The van der Waals surface area contributed by atoms with Crippen LogP contribution < -0.4 is 11.1 Å². The highest BCUT2D eigenvalue weighted by atomic mass is 79.9. The minimum absolute atomic E-state index is 0.131. The second-order valence-electron chi connectivity index (χ2n) is 3.86. The van der Waals surface area contributed by atoms with Gasteiger partial charge in [0.15, 0.2) is 0 Å². The highest BCUT2D eigenvalue weighted by molar-refractivity contribution is 9.11. The van der Waals surface area contributed by atoms with Crippen LogP contribution in [-0.2, 0) is 0 Å². The summed E-state index contributed by atoms with van der Waals surface area (Å²) in [6.07, 6.45) is 0. The summed E-state index contributed by atoms with van der Waals surface area (Å²) in [5, 5.41) is 12.3. The van der Waals surface area contributed by atoms with Gasteiger partial charge in [-0.15, -0.1) is 0 Å². The van der Waals surface area contributed by atoms with Crippen LogP contribution in [0.5, 0.6) is 0 Å². The molecule has 0 aromatic heterocycles. The van der Waals surface area contributed by atoms with Crippen molar-refractivity contribution in [2.75, 3.05) is 11.1 Å². The van der Waals surface area contributed by atoms with Gasteiger partial charge in [-0.3, -0.25) is 0 Å². The number of aromatic carboxylic acids is 1. The molecule has 0 spiro atoms. The van der Waals surface area contributed by atoms with Crippen LogP contribution >= 0.6 is 31.9 Å². The first-order chi connectivity index (χ1) is 8.97. The first-order valence-corrected chi connectivity index (χ1v) is 6.91. The van der Waals surface area contributed by atoms with Gasteiger partial charge in [-0.25, -0.2) is 4.79 Å². The fraction of sp³-hybridized carbons (Fsp3) is 0. The Morgan fingerprint density at radius 1 is 1.11 bits per heavy atom. The smallest absolute Gasteiger partial charge is 0.337 e. The Labute approximate surface area is 126 Å². The van der Waals surface area contributed by atoms with Crippen molar-refractivity contribution in [1.29, 1.82) is 0 Å². The monoisotopic (exact) mass is 384 g/mol. The van der Waals surface area contributed by atoms with E-state index in [-0.39, 0.29) is 5.56 Å². The maximum Gasteiger partial charge on any atom is 0.337 e. The Kier molecular flexibility index (Phi) is 4.11. The summed E-state index contributed by atoms with van der Waals surface area (Å²) in [6, 6.07) is 10.3. The van der Waals surface area contributed by atoms with Crippen LogP contribution in [0, 0.1) is 0 Å². The van der Waals surface area contributed by atoms with E-state index >= 15 is 0 Å². The van der Waals surface area contributed by atoms with Gasteiger partial charge < -0.3 is 16.2 Å². The third-order valence-electron chi connectivity index (χ3n) is 2.47. The average Bonchev–Trinajstić information content (AvgIpc) is 2.35. The van der Waals surface area contributed by atoms with E-state index in [2.05, 4.69) is 37.2 Å². The minimum Gasteiger partial charge on any atom is -0.478 e. The number of hydrogen-bond acceptors (Lipinski definition) is 3. The van der Waals surface area contributed by atoms with Crippen LogP contribution in [0.1, 0.15) is 10.4 Å². The Morgan fingerprint density at radius 2 is 1.84 bits per heavy atom. The lowest BCUT2D eigenvalue weighted by atomic mass is 10.1. The number of rotatable bonds is 3. The Balaban J connectivity index is 2.43. The van der Waals surface area contributed by atoms with Crippen molar-refractivity contribution < 1.29 is 9.90 Å². The molecule has 0 amide bonds. The van der Waals surface area contributed by atoms with E-state index in [9.17, 15) is 9.90 Å². The summed E-state index contributed by atoms with van der Waals surface area (Å²) in [5.74, 6) is -1.03. The van der Waals surface area contributed by atoms with Gasteiger partial charge in [-0.2, -0.15) is 0 Å². The summed E-state index contributed by atoms with van der Waals surface area (Å²) >= 11 is 6.78.